The monoisotopic (exact) mass is 353 g/mol. The first-order valence-corrected chi connectivity index (χ1v) is 7.58. The van der Waals surface area contributed by atoms with Gasteiger partial charge in [-0.25, -0.2) is 4.79 Å². The smallest absolute Gasteiger partial charge is 0.325 e. The molecular weight excluding hydrogens is 341 g/mol. The number of nitrogens with zero attached hydrogens (tertiary/aromatic N) is 2. The van der Waals surface area contributed by atoms with Gasteiger partial charge in [-0.3, -0.25) is 9.69 Å². The molecule has 1 aromatic heterocycles. The SMILES string of the molecule is Cc1cc(CN2C(=O)N[C@@](C)(c3ccc(Cl)cc3Cl)C2=O)no1. The third kappa shape index (κ3) is 2.68. The Morgan fingerprint density at radius 2 is 2.04 bits per heavy atom. The van der Waals surface area contributed by atoms with Crippen LogP contribution in [0.15, 0.2) is 28.8 Å². The van der Waals surface area contributed by atoms with Crippen LogP contribution < -0.4 is 5.32 Å². The molecule has 0 radical (unpaired) electrons. The maximum Gasteiger partial charge on any atom is 0.325 e. The molecule has 0 saturated carbocycles. The number of halogens is 2. The number of carbonyl (C=O) groups is 2. The molecule has 0 bridgehead atoms. The number of aryl methyl sites for hydroxylation is 1. The zero-order chi connectivity index (χ0) is 16.8. The number of nitrogens with one attached hydrogen (secondary N) is 1. The maximum absolute atomic E-state index is 12.8. The molecule has 1 aliphatic heterocycles. The molecule has 1 saturated heterocycles. The van der Waals surface area contributed by atoms with E-state index in [0.29, 0.717) is 27.1 Å². The van der Waals surface area contributed by atoms with Crippen LogP contribution in [0.2, 0.25) is 10.0 Å². The molecule has 3 rings (SSSR count). The van der Waals surface area contributed by atoms with Crippen LogP contribution in [0, 0.1) is 6.92 Å². The quantitative estimate of drug-likeness (QED) is 0.859. The molecule has 8 heteroatoms. The van der Waals surface area contributed by atoms with E-state index in [1.165, 1.54) is 6.07 Å². The second-order valence-electron chi connectivity index (χ2n) is 5.50. The molecule has 0 aliphatic carbocycles. The van der Waals surface area contributed by atoms with Crippen molar-refractivity contribution < 1.29 is 14.1 Å². The summed E-state index contributed by atoms with van der Waals surface area (Å²) in [7, 11) is 0. The second-order valence-corrected chi connectivity index (χ2v) is 6.34. The molecule has 6 nitrogen and oxygen atoms in total. The Bertz CT molecular complexity index is 805. The Hall–Kier alpha value is -2.05. The molecule has 1 aromatic carbocycles. The zero-order valence-electron chi connectivity index (χ0n) is 12.4. The van der Waals surface area contributed by atoms with Crippen molar-refractivity contribution >= 4 is 35.1 Å². The van der Waals surface area contributed by atoms with Gasteiger partial charge in [-0.2, -0.15) is 0 Å². The maximum atomic E-state index is 12.8. The van der Waals surface area contributed by atoms with Crippen LogP contribution in [0.25, 0.3) is 0 Å². The molecule has 2 heterocycles. The van der Waals surface area contributed by atoms with Crippen molar-refractivity contribution in [2.75, 3.05) is 0 Å². The fourth-order valence-corrected chi connectivity index (χ4v) is 3.17. The van der Waals surface area contributed by atoms with E-state index in [0.717, 1.165) is 4.90 Å². The minimum absolute atomic E-state index is 0.0306. The summed E-state index contributed by atoms with van der Waals surface area (Å²) in [4.78, 5) is 26.1. The van der Waals surface area contributed by atoms with Gasteiger partial charge in [-0.05, 0) is 26.0 Å². The molecule has 0 spiro atoms. The number of urea groups is 1. The van der Waals surface area contributed by atoms with Gasteiger partial charge < -0.3 is 9.84 Å². The Balaban J connectivity index is 1.93. The first kappa shape index (κ1) is 15.8. The van der Waals surface area contributed by atoms with Crippen LogP contribution in [0.5, 0.6) is 0 Å². The average Bonchev–Trinajstić information content (AvgIpc) is 2.96. The minimum atomic E-state index is -1.25. The largest absolute Gasteiger partial charge is 0.361 e. The Morgan fingerprint density at radius 3 is 2.65 bits per heavy atom. The Kier molecular flexibility index (Phi) is 3.82. The molecule has 2 aromatic rings. The fourth-order valence-electron chi connectivity index (χ4n) is 2.57. The van der Waals surface area contributed by atoms with Crippen LogP contribution >= 0.6 is 23.2 Å². The Labute approximate surface area is 142 Å². The van der Waals surface area contributed by atoms with Gasteiger partial charge in [0.05, 0.1) is 6.54 Å². The number of hydrogen-bond donors (Lipinski definition) is 1. The lowest BCUT2D eigenvalue weighted by molar-refractivity contribution is -0.131. The number of carbonyl (C=O) groups excluding carboxylic acids is 2. The Morgan fingerprint density at radius 1 is 1.30 bits per heavy atom. The van der Waals surface area contributed by atoms with Crippen molar-refractivity contribution in [1.82, 2.24) is 15.4 Å². The van der Waals surface area contributed by atoms with E-state index < -0.39 is 17.5 Å². The molecule has 0 unspecified atom stereocenters. The van der Waals surface area contributed by atoms with E-state index in [1.54, 1.807) is 32.0 Å². The van der Waals surface area contributed by atoms with E-state index >= 15 is 0 Å². The van der Waals surface area contributed by atoms with E-state index in [1.807, 2.05) is 0 Å². The van der Waals surface area contributed by atoms with Crippen LogP contribution in [0.1, 0.15) is 23.9 Å². The highest BCUT2D eigenvalue weighted by atomic mass is 35.5. The van der Waals surface area contributed by atoms with Gasteiger partial charge in [-0.1, -0.05) is 34.4 Å². The van der Waals surface area contributed by atoms with Crippen LogP contribution in [0.3, 0.4) is 0 Å². The number of hydrogen-bond acceptors (Lipinski definition) is 4. The molecule has 1 atom stereocenters. The van der Waals surface area contributed by atoms with Crippen LogP contribution in [-0.4, -0.2) is 22.0 Å². The topological polar surface area (TPSA) is 75.4 Å². The summed E-state index contributed by atoms with van der Waals surface area (Å²) in [6, 6.07) is 5.95. The molecule has 1 N–H and O–H groups in total. The van der Waals surface area contributed by atoms with Crippen LogP contribution in [0.4, 0.5) is 4.79 Å². The van der Waals surface area contributed by atoms with Crippen molar-refractivity contribution in [3.8, 4) is 0 Å². The third-order valence-corrected chi connectivity index (χ3v) is 4.29. The summed E-state index contributed by atoms with van der Waals surface area (Å²) in [5, 5.41) is 7.26. The highest BCUT2D eigenvalue weighted by molar-refractivity contribution is 6.35. The zero-order valence-corrected chi connectivity index (χ0v) is 13.9. The van der Waals surface area contributed by atoms with Crippen molar-refractivity contribution in [2.24, 2.45) is 0 Å². The lowest BCUT2D eigenvalue weighted by Gasteiger charge is -2.23. The summed E-state index contributed by atoms with van der Waals surface area (Å²) < 4.78 is 4.96. The predicted molar refractivity (Wildman–Crippen MR) is 84.1 cm³/mol. The average molecular weight is 354 g/mol. The number of aromatic nitrogens is 1. The number of benzene rings is 1. The standard InChI is InChI=1S/C15H13Cl2N3O3/c1-8-5-10(19-23-8)7-20-13(21)15(2,18-14(20)22)11-4-3-9(16)6-12(11)17/h3-6H,7H2,1-2H3,(H,18,22)/t15-/m0/s1. The molecule has 23 heavy (non-hydrogen) atoms. The van der Waals surface area contributed by atoms with Crippen molar-refractivity contribution in [3.63, 3.8) is 0 Å². The van der Waals surface area contributed by atoms with Crippen molar-refractivity contribution in [3.05, 3.63) is 51.3 Å². The van der Waals surface area contributed by atoms with Gasteiger partial charge in [0.25, 0.3) is 5.91 Å². The first-order valence-electron chi connectivity index (χ1n) is 6.83. The van der Waals surface area contributed by atoms with Crippen molar-refractivity contribution in [2.45, 2.75) is 25.9 Å². The van der Waals surface area contributed by atoms with Gasteiger partial charge in [0.2, 0.25) is 0 Å². The summed E-state index contributed by atoms with van der Waals surface area (Å²) in [5.74, 6) is 0.197. The van der Waals surface area contributed by atoms with E-state index in [4.69, 9.17) is 27.7 Å². The number of imide groups is 1. The summed E-state index contributed by atoms with van der Waals surface area (Å²) in [5.41, 5.74) is -0.268. The first-order chi connectivity index (χ1) is 10.8. The molecule has 120 valence electrons. The second kappa shape index (κ2) is 5.54. The molecular formula is C15H13Cl2N3O3. The van der Waals surface area contributed by atoms with Gasteiger partial charge in [0, 0.05) is 21.7 Å². The lowest BCUT2D eigenvalue weighted by atomic mass is 9.92. The van der Waals surface area contributed by atoms with Gasteiger partial charge in [0.1, 0.15) is 17.0 Å². The van der Waals surface area contributed by atoms with Gasteiger partial charge in [0.15, 0.2) is 0 Å². The molecule has 1 aliphatic rings. The molecule has 3 amide bonds. The van der Waals surface area contributed by atoms with Gasteiger partial charge >= 0.3 is 6.03 Å². The highest BCUT2D eigenvalue weighted by Gasteiger charge is 2.50. The molecule has 1 fully saturated rings. The van der Waals surface area contributed by atoms with E-state index in [2.05, 4.69) is 10.5 Å². The fraction of sp³-hybridized carbons (Fsp3) is 0.267. The third-order valence-electron chi connectivity index (χ3n) is 3.74. The summed E-state index contributed by atoms with van der Waals surface area (Å²) in [6.07, 6.45) is 0. The van der Waals surface area contributed by atoms with Crippen molar-refractivity contribution in [1.29, 1.82) is 0 Å². The van der Waals surface area contributed by atoms with E-state index in [-0.39, 0.29) is 6.54 Å². The minimum Gasteiger partial charge on any atom is -0.361 e. The van der Waals surface area contributed by atoms with Crippen LogP contribution in [-0.2, 0) is 16.9 Å². The normalized spacial score (nSPS) is 21.0. The van der Waals surface area contributed by atoms with E-state index in [9.17, 15) is 9.59 Å². The van der Waals surface area contributed by atoms with Gasteiger partial charge in [-0.15, -0.1) is 0 Å². The highest BCUT2D eigenvalue weighted by Crippen LogP contribution is 2.35. The lowest BCUT2D eigenvalue weighted by Crippen LogP contribution is -2.41. The predicted octanol–water partition coefficient (Wildman–Crippen LogP) is 3.26. The number of rotatable bonds is 3. The summed E-state index contributed by atoms with van der Waals surface area (Å²) >= 11 is 12.1. The number of amides is 3. The summed E-state index contributed by atoms with van der Waals surface area (Å²) in [6.45, 7) is 3.37.